The van der Waals surface area contributed by atoms with Crippen LogP contribution in [0, 0.1) is 0 Å². The van der Waals surface area contributed by atoms with Crippen LogP contribution in [0.25, 0.3) is 10.2 Å². The van der Waals surface area contributed by atoms with E-state index in [9.17, 15) is 5.11 Å². The van der Waals surface area contributed by atoms with Crippen LogP contribution in [0.1, 0.15) is 30.3 Å². The van der Waals surface area contributed by atoms with Gasteiger partial charge in [0.05, 0.1) is 10.6 Å². The van der Waals surface area contributed by atoms with E-state index < -0.39 is 5.90 Å². The summed E-state index contributed by atoms with van der Waals surface area (Å²) in [6, 6.07) is 3.83. The van der Waals surface area contributed by atoms with Gasteiger partial charge in [-0.15, -0.1) is 11.3 Å². The van der Waals surface area contributed by atoms with Crippen molar-refractivity contribution >= 4 is 39.0 Å². The molecule has 0 unspecified atom stereocenters. The van der Waals surface area contributed by atoms with E-state index in [2.05, 4.69) is 29.1 Å². The van der Waals surface area contributed by atoms with Crippen molar-refractivity contribution in [2.75, 3.05) is 5.73 Å². The molecule has 0 bridgehead atoms. The van der Waals surface area contributed by atoms with Gasteiger partial charge in [-0.1, -0.05) is 18.5 Å². The van der Waals surface area contributed by atoms with Gasteiger partial charge in [-0.2, -0.15) is 0 Å². The van der Waals surface area contributed by atoms with E-state index in [1.165, 1.54) is 22.2 Å². The standard InChI is InChI=1S/C14H15N5O2S/c1-7(2)9-5-4-8-11(15)12(22-14(8)16-9)13(20)17-10-6-19(3)18-21-10/h4-7H,1-3H3,(H2-,15,17,18,20). The van der Waals surface area contributed by atoms with E-state index in [0.717, 1.165) is 15.9 Å². The van der Waals surface area contributed by atoms with Gasteiger partial charge in [-0.05, 0) is 18.1 Å². The quantitative estimate of drug-likeness (QED) is 0.445. The largest absolute Gasteiger partial charge is 0.857 e. The second kappa shape index (κ2) is 5.38. The summed E-state index contributed by atoms with van der Waals surface area (Å²) in [5.41, 5.74) is 7.43. The summed E-state index contributed by atoms with van der Waals surface area (Å²) in [5.74, 6) is -0.00529. The highest BCUT2D eigenvalue weighted by atomic mass is 32.1. The van der Waals surface area contributed by atoms with Crippen LogP contribution in [0.2, 0.25) is 0 Å². The van der Waals surface area contributed by atoms with Gasteiger partial charge in [-0.3, -0.25) is 4.52 Å². The number of fused-ring (bicyclic) bond motifs is 1. The van der Waals surface area contributed by atoms with Crippen molar-refractivity contribution in [2.45, 2.75) is 19.8 Å². The van der Waals surface area contributed by atoms with Crippen LogP contribution in [-0.4, -0.2) is 16.2 Å². The van der Waals surface area contributed by atoms with Crippen molar-refractivity contribution in [1.29, 1.82) is 0 Å². The van der Waals surface area contributed by atoms with Crippen LogP contribution in [0.5, 0.6) is 0 Å². The molecule has 3 aromatic rings. The van der Waals surface area contributed by atoms with Crippen LogP contribution < -0.4 is 15.5 Å². The minimum Gasteiger partial charge on any atom is -0.857 e. The Morgan fingerprint density at radius 2 is 2.23 bits per heavy atom. The second-order valence-corrected chi connectivity index (χ2v) is 6.22. The number of nitrogens with two attached hydrogens (primary N) is 1. The Bertz CT molecular complexity index is 865. The molecule has 2 N–H and O–H groups in total. The Labute approximate surface area is 130 Å². The fourth-order valence-corrected chi connectivity index (χ4v) is 2.99. The molecule has 3 heterocycles. The average Bonchev–Trinajstić information content (AvgIpc) is 3.02. The first-order valence-electron chi connectivity index (χ1n) is 6.73. The molecule has 22 heavy (non-hydrogen) atoms. The Hall–Kier alpha value is -2.48. The maximum atomic E-state index is 12.3. The van der Waals surface area contributed by atoms with Gasteiger partial charge in [0.15, 0.2) is 12.3 Å². The number of aryl methyl sites for hydroxylation is 1. The SMILES string of the molecule is CC(C)c1ccc2c(N)c(/C([O-])=N/c3c[n+](C)no3)sc2n1. The number of hydrogen-bond donors (Lipinski definition) is 1. The first-order valence-corrected chi connectivity index (χ1v) is 7.55. The molecule has 0 aliphatic rings. The molecule has 0 amide bonds. The molecular weight excluding hydrogens is 302 g/mol. The third kappa shape index (κ3) is 2.52. The summed E-state index contributed by atoms with van der Waals surface area (Å²) in [6.07, 6.45) is 1.51. The Morgan fingerprint density at radius 3 is 2.86 bits per heavy atom. The highest BCUT2D eigenvalue weighted by Crippen LogP contribution is 2.33. The fraction of sp³-hybridized carbons (Fsp3) is 0.286. The topological polar surface area (TPSA) is 104 Å². The van der Waals surface area contributed by atoms with Crippen molar-refractivity contribution in [2.24, 2.45) is 12.0 Å². The van der Waals surface area contributed by atoms with Gasteiger partial charge < -0.3 is 10.8 Å². The van der Waals surface area contributed by atoms with Crippen LogP contribution in [0.15, 0.2) is 27.8 Å². The number of aliphatic imine (C=N–C) groups is 1. The lowest BCUT2D eigenvalue weighted by molar-refractivity contribution is -0.739. The number of pyridine rings is 1. The third-order valence-electron chi connectivity index (χ3n) is 3.17. The zero-order valence-electron chi connectivity index (χ0n) is 12.4. The Morgan fingerprint density at radius 1 is 1.45 bits per heavy atom. The molecule has 3 rings (SSSR count). The van der Waals surface area contributed by atoms with E-state index in [1.807, 2.05) is 12.1 Å². The van der Waals surface area contributed by atoms with Crippen molar-refractivity contribution in [3.8, 4) is 0 Å². The normalized spacial score (nSPS) is 12.5. The molecule has 7 nitrogen and oxygen atoms in total. The molecule has 3 aromatic heterocycles. The minimum atomic E-state index is -0.455. The number of aromatic nitrogens is 3. The van der Waals surface area contributed by atoms with Gasteiger partial charge in [0.25, 0.3) is 6.20 Å². The predicted molar refractivity (Wildman–Crippen MR) is 82.0 cm³/mol. The molecule has 0 atom stereocenters. The lowest BCUT2D eigenvalue weighted by Gasteiger charge is -2.06. The van der Waals surface area contributed by atoms with Crippen LogP contribution in [-0.2, 0) is 7.05 Å². The van der Waals surface area contributed by atoms with Crippen LogP contribution >= 0.6 is 11.3 Å². The molecule has 0 radical (unpaired) electrons. The Balaban J connectivity index is 2.07. The molecule has 0 saturated heterocycles. The van der Waals surface area contributed by atoms with Crippen LogP contribution in [0.3, 0.4) is 0 Å². The summed E-state index contributed by atoms with van der Waals surface area (Å²) < 4.78 is 6.32. The number of nitrogen functional groups attached to an aromatic ring is 1. The zero-order valence-corrected chi connectivity index (χ0v) is 13.2. The molecule has 0 saturated carbocycles. The molecule has 0 spiro atoms. The molecule has 0 aliphatic carbocycles. The van der Waals surface area contributed by atoms with Gasteiger partial charge in [0, 0.05) is 17.0 Å². The van der Waals surface area contributed by atoms with E-state index in [1.54, 1.807) is 7.05 Å². The first-order chi connectivity index (χ1) is 10.5. The number of rotatable bonds is 3. The lowest BCUT2D eigenvalue weighted by atomic mass is 10.1. The summed E-state index contributed by atoms with van der Waals surface area (Å²) >= 11 is 1.24. The molecule has 0 aliphatic heterocycles. The lowest BCUT2D eigenvalue weighted by Crippen LogP contribution is -2.27. The predicted octanol–water partition coefficient (Wildman–Crippen LogP) is 1.25. The number of hydrogen-bond acceptors (Lipinski definition) is 7. The van der Waals surface area contributed by atoms with E-state index >= 15 is 0 Å². The van der Waals surface area contributed by atoms with Crippen LogP contribution in [0.4, 0.5) is 11.6 Å². The van der Waals surface area contributed by atoms with Crippen molar-refractivity contribution in [3.05, 3.63) is 28.9 Å². The highest BCUT2D eigenvalue weighted by Gasteiger charge is 2.13. The first kappa shape index (κ1) is 14.5. The summed E-state index contributed by atoms with van der Waals surface area (Å²) in [4.78, 5) is 9.54. The zero-order chi connectivity index (χ0) is 15.9. The maximum Gasteiger partial charge on any atom is 0.320 e. The molecule has 114 valence electrons. The van der Waals surface area contributed by atoms with E-state index in [4.69, 9.17) is 10.3 Å². The van der Waals surface area contributed by atoms with Crippen molar-refractivity contribution in [3.63, 3.8) is 0 Å². The molecule has 8 heteroatoms. The minimum absolute atomic E-state index is 0.139. The monoisotopic (exact) mass is 317 g/mol. The van der Waals surface area contributed by atoms with Gasteiger partial charge in [0.2, 0.25) is 0 Å². The van der Waals surface area contributed by atoms with E-state index in [0.29, 0.717) is 16.5 Å². The van der Waals surface area contributed by atoms with Gasteiger partial charge >= 0.3 is 5.88 Å². The summed E-state index contributed by atoms with van der Waals surface area (Å²) in [5, 5.41) is 16.7. The third-order valence-corrected chi connectivity index (χ3v) is 4.28. The number of anilines is 1. The average molecular weight is 317 g/mol. The van der Waals surface area contributed by atoms with E-state index in [-0.39, 0.29) is 5.88 Å². The smallest absolute Gasteiger partial charge is 0.320 e. The molecule has 0 aromatic carbocycles. The summed E-state index contributed by atoms with van der Waals surface area (Å²) in [6.45, 7) is 4.13. The maximum absolute atomic E-state index is 12.3. The molecular formula is C14H15N5O2S. The highest BCUT2D eigenvalue weighted by molar-refractivity contribution is 7.21. The Kier molecular flexibility index (Phi) is 3.53. The van der Waals surface area contributed by atoms with Gasteiger partial charge in [-0.25, -0.2) is 9.98 Å². The van der Waals surface area contributed by atoms with Gasteiger partial charge in [0.1, 0.15) is 4.83 Å². The fourth-order valence-electron chi connectivity index (χ4n) is 2.01. The van der Waals surface area contributed by atoms with Crippen molar-refractivity contribution < 1.29 is 14.3 Å². The second-order valence-electron chi connectivity index (χ2n) is 5.22. The number of thiophene rings is 1. The number of nitrogens with zero attached hydrogens (tertiary/aromatic N) is 4. The van der Waals surface area contributed by atoms with Crippen molar-refractivity contribution in [1.82, 2.24) is 10.3 Å². The summed E-state index contributed by atoms with van der Waals surface area (Å²) in [7, 11) is 1.68. The molecule has 0 fully saturated rings.